The van der Waals surface area contributed by atoms with Crippen LogP contribution in [-0.4, -0.2) is 53.5 Å². The zero-order chi connectivity index (χ0) is 18.1. The van der Waals surface area contributed by atoms with Crippen LogP contribution in [0.15, 0.2) is 48.7 Å². The number of carbonyl (C=O) groups excluding carboxylic acids is 2. The van der Waals surface area contributed by atoms with E-state index < -0.39 is 11.5 Å². The SMILES string of the molecule is CC1(C(=O)N2CCN(c3ccccn3)CC2)Oc2ccccc2NC1=O. The summed E-state index contributed by atoms with van der Waals surface area (Å²) < 4.78 is 5.83. The standard InChI is InChI=1S/C19H20N4O3/c1-19(17(24)21-14-6-2-3-7-15(14)26-19)18(25)23-12-10-22(11-13-23)16-8-4-5-9-20-16/h2-9H,10-13H2,1H3,(H,21,24). The molecule has 7 nitrogen and oxygen atoms in total. The van der Waals surface area contributed by atoms with Crippen molar-refractivity contribution < 1.29 is 14.3 Å². The first kappa shape index (κ1) is 16.4. The summed E-state index contributed by atoms with van der Waals surface area (Å²) in [5.41, 5.74) is -0.968. The molecule has 1 N–H and O–H groups in total. The summed E-state index contributed by atoms with van der Waals surface area (Å²) in [7, 11) is 0. The predicted molar refractivity (Wildman–Crippen MR) is 97.1 cm³/mol. The third kappa shape index (κ3) is 2.75. The van der Waals surface area contributed by atoms with Crippen LogP contribution < -0.4 is 15.0 Å². The molecule has 2 amide bonds. The van der Waals surface area contributed by atoms with Crippen LogP contribution in [-0.2, 0) is 9.59 Å². The summed E-state index contributed by atoms with van der Waals surface area (Å²) in [4.78, 5) is 33.8. The fourth-order valence-corrected chi connectivity index (χ4v) is 3.29. The lowest BCUT2D eigenvalue weighted by molar-refractivity contribution is -0.154. The van der Waals surface area contributed by atoms with Crippen molar-refractivity contribution in [3.63, 3.8) is 0 Å². The average Bonchev–Trinajstić information content (AvgIpc) is 2.69. The Morgan fingerprint density at radius 3 is 2.58 bits per heavy atom. The van der Waals surface area contributed by atoms with E-state index in [1.807, 2.05) is 30.3 Å². The lowest BCUT2D eigenvalue weighted by atomic mass is 10.0. The molecule has 4 rings (SSSR count). The maximum Gasteiger partial charge on any atom is 0.278 e. The van der Waals surface area contributed by atoms with Crippen molar-refractivity contribution in [2.75, 3.05) is 36.4 Å². The molecule has 1 fully saturated rings. The van der Waals surface area contributed by atoms with Gasteiger partial charge in [0.2, 0.25) is 0 Å². The number of benzene rings is 1. The van der Waals surface area contributed by atoms with Crippen molar-refractivity contribution in [3.8, 4) is 5.75 Å². The van der Waals surface area contributed by atoms with Gasteiger partial charge in [0.25, 0.3) is 17.4 Å². The van der Waals surface area contributed by atoms with Crippen LogP contribution in [0.25, 0.3) is 0 Å². The van der Waals surface area contributed by atoms with E-state index in [1.54, 1.807) is 23.2 Å². The molecule has 3 heterocycles. The molecule has 1 aromatic heterocycles. The number of pyridine rings is 1. The van der Waals surface area contributed by atoms with Gasteiger partial charge in [-0.15, -0.1) is 0 Å². The Morgan fingerprint density at radius 1 is 1.12 bits per heavy atom. The minimum atomic E-state index is -1.55. The van der Waals surface area contributed by atoms with Crippen molar-refractivity contribution in [1.29, 1.82) is 0 Å². The van der Waals surface area contributed by atoms with Crippen molar-refractivity contribution >= 4 is 23.3 Å². The molecule has 1 aromatic carbocycles. The number of rotatable bonds is 2. The Kier molecular flexibility index (Phi) is 3.99. The molecular formula is C19H20N4O3. The molecule has 2 aliphatic rings. The molecule has 26 heavy (non-hydrogen) atoms. The van der Waals surface area contributed by atoms with E-state index in [-0.39, 0.29) is 5.91 Å². The van der Waals surface area contributed by atoms with Crippen LogP contribution in [0.1, 0.15) is 6.92 Å². The Hall–Kier alpha value is -3.09. The van der Waals surface area contributed by atoms with Gasteiger partial charge in [0.1, 0.15) is 11.6 Å². The van der Waals surface area contributed by atoms with E-state index in [4.69, 9.17) is 4.74 Å². The highest BCUT2D eigenvalue weighted by molar-refractivity contribution is 6.15. The first-order valence-corrected chi connectivity index (χ1v) is 8.63. The first-order valence-electron chi connectivity index (χ1n) is 8.63. The third-order valence-corrected chi connectivity index (χ3v) is 4.83. The fraction of sp³-hybridized carbons (Fsp3) is 0.316. The van der Waals surface area contributed by atoms with Crippen LogP contribution in [0.2, 0.25) is 0 Å². The van der Waals surface area contributed by atoms with Gasteiger partial charge in [-0.3, -0.25) is 9.59 Å². The van der Waals surface area contributed by atoms with Gasteiger partial charge in [0, 0.05) is 32.4 Å². The van der Waals surface area contributed by atoms with Crippen LogP contribution in [0.4, 0.5) is 11.5 Å². The molecule has 2 aromatic rings. The molecule has 0 aliphatic carbocycles. The van der Waals surface area contributed by atoms with Crippen LogP contribution in [0.5, 0.6) is 5.75 Å². The highest BCUT2D eigenvalue weighted by atomic mass is 16.5. The van der Waals surface area contributed by atoms with Crippen molar-refractivity contribution in [1.82, 2.24) is 9.88 Å². The molecule has 7 heteroatoms. The van der Waals surface area contributed by atoms with Crippen LogP contribution >= 0.6 is 0 Å². The maximum absolute atomic E-state index is 13.0. The van der Waals surface area contributed by atoms with E-state index in [0.29, 0.717) is 37.6 Å². The number of aromatic nitrogens is 1. The number of hydrogen-bond acceptors (Lipinski definition) is 5. The maximum atomic E-state index is 13.0. The normalized spacial score (nSPS) is 22.3. The minimum Gasteiger partial charge on any atom is -0.466 e. The summed E-state index contributed by atoms with van der Waals surface area (Å²) in [6.07, 6.45) is 1.76. The number of nitrogens with zero attached hydrogens (tertiary/aromatic N) is 3. The van der Waals surface area contributed by atoms with Crippen molar-refractivity contribution in [2.45, 2.75) is 12.5 Å². The highest BCUT2D eigenvalue weighted by Crippen LogP contribution is 2.34. The molecular weight excluding hydrogens is 332 g/mol. The zero-order valence-electron chi connectivity index (χ0n) is 14.5. The van der Waals surface area contributed by atoms with Gasteiger partial charge < -0.3 is 19.9 Å². The predicted octanol–water partition coefficient (Wildman–Crippen LogP) is 1.52. The first-order chi connectivity index (χ1) is 12.6. The Morgan fingerprint density at radius 2 is 1.85 bits per heavy atom. The molecule has 0 bridgehead atoms. The van der Waals surface area contributed by atoms with Gasteiger partial charge in [-0.2, -0.15) is 0 Å². The van der Waals surface area contributed by atoms with E-state index >= 15 is 0 Å². The second kappa shape index (κ2) is 6.33. The fourth-order valence-electron chi connectivity index (χ4n) is 3.29. The Balaban J connectivity index is 1.47. The van der Waals surface area contributed by atoms with Crippen LogP contribution in [0.3, 0.4) is 0 Å². The van der Waals surface area contributed by atoms with E-state index in [9.17, 15) is 9.59 Å². The monoisotopic (exact) mass is 352 g/mol. The lowest BCUT2D eigenvalue weighted by Gasteiger charge is -2.40. The average molecular weight is 352 g/mol. The summed E-state index contributed by atoms with van der Waals surface area (Å²) in [5, 5.41) is 2.77. The quantitative estimate of drug-likeness (QED) is 0.830. The minimum absolute atomic E-state index is 0.315. The van der Waals surface area contributed by atoms with Gasteiger partial charge in [-0.05, 0) is 31.2 Å². The number of carbonyl (C=O) groups is 2. The number of para-hydroxylation sites is 2. The number of hydrogen-bond donors (Lipinski definition) is 1. The topological polar surface area (TPSA) is 74.8 Å². The highest BCUT2D eigenvalue weighted by Gasteiger charge is 2.49. The molecule has 0 spiro atoms. The molecule has 134 valence electrons. The smallest absolute Gasteiger partial charge is 0.278 e. The van der Waals surface area contributed by atoms with E-state index in [1.165, 1.54) is 6.92 Å². The van der Waals surface area contributed by atoms with Gasteiger partial charge >= 0.3 is 0 Å². The van der Waals surface area contributed by atoms with E-state index in [0.717, 1.165) is 5.82 Å². The number of nitrogens with one attached hydrogen (secondary N) is 1. The second-order valence-electron chi connectivity index (χ2n) is 6.55. The molecule has 1 unspecified atom stereocenters. The largest absolute Gasteiger partial charge is 0.466 e. The van der Waals surface area contributed by atoms with E-state index in [2.05, 4.69) is 15.2 Å². The Bertz CT molecular complexity index is 834. The number of amides is 2. The summed E-state index contributed by atoms with van der Waals surface area (Å²) >= 11 is 0. The lowest BCUT2D eigenvalue weighted by Crippen LogP contribution is -2.62. The van der Waals surface area contributed by atoms with Crippen LogP contribution in [0, 0.1) is 0 Å². The number of fused-ring (bicyclic) bond motifs is 1. The van der Waals surface area contributed by atoms with Crippen molar-refractivity contribution in [2.24, 2.45) is 0 Å². The number of piperazine rings is 1. The molecule has 1 atom stereocenters. The number of anilines is 2. The van der Waals surface area contributed by atoms with Gasteiger partial charge in [-0.1, -0.05) is 18.2 Å². The van der Waals surface area contributed by atoms with Gasteiger partial charge in [0.15, 0.2) is 0 Å². The van der Waals surface area contributed by atoms with Gasteiger partial charge in [0.05, 0.1) is 5.69 Å². The third-order valence-electron chi connectivity index (χ3n) is 4.83. The molecule has 0 radical (unpaired) electrons. The molecule has 1 saturated heterocycles. The van der Waals surface area contributed by atoms with Gasteiger partial charge in [-0.25, -0.2) is 4.98 Å². The second-order valence-corrected chi connectivity index (χ2v) is 6.55. The molecule has 0 saturated carbocycles. The summed E-state index contributed by atoms with van der Waals surface area (Å²) in [5.74, 6) is 0.653. The summed E-state index contributed by atoms with van der Waals surface area (Å²) in [6, 6.07) is 12.9. The zero-order valence-corrected chi connectivity index (χ0v) is 14.5. The Labute approximate surface area is 151 Å². The van der Waals surface area contributed by atoms with Crippen molar-refractivity contribution in [3.05, 3.63) is 48.7 Å². The summed E-state index contributed by atoms with van der Waals surface area (Å²) in [6.45, 7) is 3.90. The molecule has 2 aliphatic heterocycles. The number of ether oxygens (including phenoxy) is 1.